The van der Waals surface area contributed by atoms with Crippen molar-refractivity contribution in [2.75, 3.05) is 0 Å². The number of aromatic amines is 1. The van der Waals surface area contributed by atoms with Crippen molar-refractivity contribution in [3.63, 3.8) is 0 Å². The van der Waals surface area contributed by atoms with Gasteiger partial charge in [-0.05, 0) is 17.7 Å². The molecule has 0 radical (unpaired) electrons. The van der Waals surface area contributed by atoms with Crippen LogP contribution >= 0.6 is 11.6 Å². The van der Waals surface area contributed by atoms with Crippen molar-refractivity contribution < 1.29 is 4.39 Å². The van der Waals surface area contributed by atoms with E-state index in [9.17, 15) is 4.39 Å². The van der Waals surface area contributed by atoms with E-state index in [0.29, 0.717) is 22.6 Å². The van der Waals surface area contributed by atoms with E-state index in [1.807, 2.05) is 24.3 Å². The quantitative estimate of drug-likeness (QED) is 0.769. The molecule has 0 spiro atoms. The summed E-state index contributed by atoms with van der Waals surface area (Å²) in [5.74, 6) is 0.384. The van der Waals surface area contributed by atoms with E-state index in [1.54, 1.807) is 0 Å². The molecule has 0 aliphatic carbocycles. The standard InChI is InChI=1S/C13H9ClFN3/c14-9-3-1-8(2-4-9)5-12-17-11-6-10(15)7-16-13(11)18-12/h1-4,6-7H,5H2,(H,16,17,18). The van der Waals surface area contributed by atoms with Crippen molar-refractivity contribution in [3.05, 3.63) is 58.8 Å². The number of hydrogen-bond acceptors (Lipinski definition) is 2. The van der Waals surface area contributed by atoms with E-state index in [0.717, 1.165) is 17.6 Å². The molecule has 5 heteroatoms. The number of rotatable bonds is 2. The fraction of sp³-hybridized carbons (Fsp3) is 0.0769. The molecular weight excluding hydrogens is 253 g/mol. The number of halogens is 2. The monoisotopic (exact) mass is 261 g/mol. The van der Waals surface area contributed by atoms with Crippen LogP contribution in [0.1, 0.15) is 11.4 Å². The predicted octanol–water partition coefficient (Wildman–Crippen LogP) is 3.34. The third kappa shape index (κ3) is 2.19. The number of fused-ring (bicyclic) bond motifs is 1. The fourth-order valence-electron chi connectivity index (χ4n) is 1.80. The summed E-state index contributed by atoms with van der Waals surface area (Å²) in [4.78, 5) is 11.3. The van der Waals surface area contributed by atoms with E-state index < -0.39 is 0 Å². The number of nitrogens with zero attached hydrogens (tertiary/aromatic N) is 2. The van der Waals surface area contributed by atoms with Crippen LogP contribution in [0.15, 0.2) is 36.5 Å². The van der Waals surface area contributed by atoms with Gasteiger partial charge in [0, 0.05) is 17.5 Å². The summed E-state index contributed by atoms with van der Waals surface area (Å²) in [6.45, 7) is 0. The summed E-state index contributed by atoms with van der Waals surface area (Å²) >= 11 is 5.82. The maximum absolute atomic E-state index is 13.0. The van der Waals surface area contributed by atoms with Crippen LogP contribution in [-0.4, -0.2) is 15.0 Å². The Balaban J connectivity index is 1.92. The largest absolute Gasteiger partial charge is 0.340 e. The SMILES string of the molecule is Fc1cnc2nc(Cc3ccc(Cl)cc3)[nH]c2c1. The number of hydrogen-bond donors (Lipinski definition) is 1. The van der Waals surface area contributed by atoms with Crippen LogP contribution in [0.25, 0.3) is 11.2 Å². The average molecular weight is 262 g/mol. The summed E-state index contributed by atoms with van der Waals surface area (Å²) in [5, 5.41) is 0.701. The maximum atomic E-state index is 13.0. The summed E-state index contributed by atoms with van der Waals surface area (Å²) in [6, 6.07) is 8.92. The van der Waals surface area contributed by atoms with Gasteiger partial charge < -0.3 is 4.98 Å². The first-order valence-electron chi connectivity index (χ1n) is 5.45. The summed E-state index contributed by atoms with van der Waals surface area (Å²) in [6.07, 6.45) is 1.80. The van der Waals surface area contributed by atoms with Gasteiger partial charge in [0.1, 0.15) is 11.6 Å². The molecule has 2 heterocycles. The number of benzene rings is 1. The summed E-state index contributed by atoms with van der Waals surface area (Å²) < 4.78 is 13.0. The van der Waals surface area contributed by atoms with Crippen LogP contribution in [0.4, 0.5) is 4.39 Å². The molecule has 2 aromatic heterocycles. The number of pyridine rings is 1. The first-order chi connectivity index (χ1) is 8.70. The van der Waals surface area contributed by atoms with Crippen LogP contribution in [0.3, 0.4) is 0 Å². The molecule has 3 aromatic rings. The van der Waals surface area contributed by atoms with Crippen molar-refractivity contribution in [3.8, 4) is 0 Å². The molecule has 0 saturated carbocycles. The number of H-pyrrole nitrogens is 1. The van der Waals surface area contributed by atoms with Crippen LogP contribution < -0.4 is 0 Å². The topological polar surface area (TPSA) is 41.6 Å². The molecule has 1 N–H and O–H groups in total. The normalized spacial score (nSPS) is 11.0. The Morgan fingerprint density at radius 2 is 2.00 bits per heavy atom. The van der Waals surface area contributed by atoms with Crippen molar-refractivity contribution in [1.29, 1.82) is 0 Å². The Labute approximate surface area is 108 Å². The number of nitrogens with one attached hydrogen (secondary N) is 1. The zero-order valence-corrected chi connectivity index (χ0v) is 10.1. The first kappa shape index (κ1) is 11.2. The highest BCUT2D eigenvalue weighted by atomic mass is 35.5. The lowest BCUT2D eigenvalue weighted by Crippen LogP contribution is -1.89. The molecule has 0 saturated heterocycles. The van der Waals surface area contributed by atoms with Gasteiger partial charge in [-0.15, -0.1) is 0 Å². The van der Waals surface area contributed by atoms with Crippen molar-refractivity contribution in [2.45, 2.75) is 6.42 Å². The van der Waals surface area contributed by atoms with E-state index in [1.165, 1.54) is 6.07 Å². The van der Waals surface area contributed by atoms with Crippen LogP contribution in [0.2, 0.25) is 5.02 Å². The molecule has 0 unspecified atom stereocenters. The second kappa shape index (κ2) is 4.38. The van der Waals surface area contributed by atoms with Crippen LogP contribution in [-0.2, 0) is 6.42 Å². The molecule has 3 rings (SSSR count). The lowest BCUT2D eigenvalue weighted by molar-refractivity contribution is 0.624. The smallest absolute Gasteiger partial charge is 0.177 e. The van der Waals surface area contributed by atoms with Gasteiger partial charge >= 0.3 is 0 Å². The maximum Gasteiger partial charge on any atom is 0.177 e. The minimum absolute atomic E-state index is 0.371. The Bertz CT molecular complexity index is 691. The van der Waals surface area contributed by atoms with E-state index in [2.05, 4.69) is 15.0 Å². The molecule has 0 aliphatic rings. The second-order valence-electron chi connectivity index (χ2n) is 4.01. The van der Waals surface area contributed by atoms with Crippen LogP contribution in [0, 0.1) is 5.82 Å². The zero-order valence-electron chi connectivity index (χ0n) is 9.32. The van der Waals surface area contributed by atoms with Crippen LogP contribution in [0.5, 0.6) is 0 Å². The lowest BCUT2D eigenvalue weighted by Gasteiger charge is -1.97. The number of aromatic nitrogens is 3. The van der Waals surface area contributed by atoms with Gasteiger partial charge in [0.25, 0.3) is 0 Å². The first-order valence-corrected chi connectivity index (χ1v) is 5.83. The Kier molecular flexibility index (Phi) is 2.72. The molecule has 0 amide bonds. The Hall–Kier alpha value is -1.94. The highest BCUT2D eigenvalue weighted by Crippen LogP contribution is 2.15. The van der Waals surface area contributed by atoms with E-state index >= 15 is 0 Å². The molecule has 0 atom stereocenters. The van der Waals surface area contributed by atoms with Gasteiger partial charge in [0.15, 0.2) is 5.65 Å². The molecule has 0 bridgehead atoms. The molecule has 1 aromatic carbocycles. The van der Waals surface area contributed by atoms with Crippen molar-refractivity contribution >= 4 is 22.8 Å². The van der Waals surface area contributed by atoms with E-state index in [-0.39, 0.29) is 5.82 Å². The van der Waals surface area contributed by atoms with Gasteiger partial charge in [-0.3, -0.25) is 0 Å². The lowest BCUT2D eigenvalue weighted by atomic mass is 10.1. The van der Waals surface area contributed by atoms with Gasteiger partial charge in [0.2, 0.25) is 0 Å². The Morgan fingerprint density at radius 3 is 2.78 bits per heavy atom. The Morgan fingerprint density at radius 1 is 1.22 bits per heavy atom. The van der Waals surface area contributed by atoms with E-state index in [4.69, 9.17) is 11.6 Å². The molecule has 90 valence electrons. The minimum Gasteiger partial charge on any atom is -0.340 e. The van der Waals surface area contributed by atoms with Gasteiger partial charge in [-0.1, -0.05) is 23.7 Å². The summed E-state index contributed by atoms with van der Waals surface area (Å²) in [7, 11) is 0. The average Bonchev–Trinajstić information content (AvgIpc) is 2.73. The second-order valence-corrected chi connectivity index (χ2v) is 4.45. The van der Waals surface area contributed by atoms with Crippen molar-refractivity contribution in [2.24, 2.45) is 0 Å². The van der Waals surface area contributed by atoms with Gasteiger partial charge in [-0.25, -0.2) is 14.4 Å². The number of imidazole rings is 1. The minimum atomic E-state index is -0.371. The van der Waals surface area contributed by atoms with Crippen molar-refractivity contribution in [1.82, 2.24) is 15.0 Å². The van der Waals surface area contributed by atoms with Gasteiger partial charge in [-0.2, -0.15) is 0 Å². The summed E-state index contributed by atoms with van der Waals surface area (Å²) in [5.41, 5.74) is 2.22. The molecular formula is C13H9ClFN3. The third-order valence-electron chi connectivity index (χ3n) is 2.64. The molecule has 0 fully saturated rings. The highest BCUT2D eigenvalue weighted by molar-refractivity contribution is 6.30. The predicted molar refractivity (Wildman–Crippen MR) is 68.1 cm³/mol. The molecule has 3 nitrogen and oxygen atoms in total. The van der Waals surface area contributed by atoms with Gasteiger partial charge in [0.05, 0.1) is 11.7 Å². The molecule has 0 aliphatic heterocycles. The molecule has 18 heavy (non-hydrogen) atoms. The zero-order chi connectivity index (χ0) is 12.5. The third-order valence-corrected chi connectivity index (χ3v) is 2.89. The fourth-order valence-corrected chi connectivity index (χ4v) is 1.93. The highest BCUT2D eigenvalue weighted by Gasteiger charge is 2.05.